The molecular formula is C17H14Cl2F3NO2. The van der Waals surface area contributed by atoms with Crippen LogP contribution in [-0.4, -0.2) is 24.5 Å². The summed E-state index contributed by atoms with van der Waals surface area (Å²) >= 11 is 11.7. The van der Waals surface area contributed by atoms with Crippen LogP contribution in [0.4, 0.5) is 13.2 Å². The first-order chi connectivity index (χ1) is 11.7. The lowest BCUT2D eigenvalue weighted by molar-refractivity contribution is -0.137. The Kier molecular flexibility index (Phi) is 6.19. The zero-order valence-corrected chi connectivity index (χ0v) is 14.6. The van der Waals surface area contributed by atoms with Crippen molar-refractivity contribution >= 4 is 29.1 Å². The second-order valence-electron chi connectivity index (χ2n) is 5.31. The van der Waals surface area contributed by atoms with E-state index in [1.165, 1.54) is 30.1 Å². The summed E-state index contributed by atoms with van der Waals surface area (Å²) in [6.07, 6.45) is -4.38. The lowest BCUT2D eigenvalue weighted by Crippen LogP contribution is -2.31. The number of benzene rings is 2. The lowest BCUT2D eigenvalue weighted by Gasteiger charge is -2.18. The van der Waals surface area contributed by atoms with E-state index >= 15 is 0 Å². The highest BCUT2D eigenvalue weighted by Gasteiger charge is 2.30. The summed E-state index contributed by atoms with van der Waals surface area (Å²) in [6.45, 7) is -0.0901. The first kappa shape index (κ1) is 19.4. The van der Waals surface area contributed by atoms with Crippen molar-refractivity contribution in [1.29, 1.82) is 0 Å². The van der Waals surface area contributed by atoms with Crippen LogP contribution in [0.25, 0.3) is 0 Å². The number of hydrogen-bond acceptors (Lipinski definition) is 2. The third kappa shape index (κ3) is 5.54. The minimum atomic E-state index is -4.38. The van der Waals surface area contributed by atoms with Crippen molar-refractivity contribution in [2.45, 2.75) is 12.7 Å². The molecule has 0 fully saturated rings. The minimum absolute atomic E-state index is 0.161. The Morgan fingerprint density at radius 2 is 1.76 bits per heavy atom. The maximum absolute atomic E-state index is 12.5. The average molecular weight is 392 g/mol. The molecule has 2 rings (SSSR count). The van der Waals surface area contributed by atoms with Crippen LogP contribution < -0.4 is 4.74 Å². The van der Waals surface area contributed by atoms with Gasteiger partial charge in [0.2, 0.25) is 0 Å². The number of nitrogens with zero attached hydrogens (tertiary/aromatic N) is 1. The SMILES string of the molecule is CN(Cc1ccc(C(F)(F)F)cc1)C(=O)COc1ccc(Cl)cc1Cl. The summed E-state index contributed by atoms with van der Waals surface area (Å²) in [7, 11) is 1.53. The molecule has 0 atom stereocenters. The van der Waals surface area contributed by atoms with Crippen molar-refractivity contribution in [3.63, 3.8) is 0 Å². The molecular weight excluding hydrogens is 378 g/mol. The van der Waals surface area contributed by atoms with Gasteiger partial charge in [-0.25, -0.2) is 0 Å². The zero-order valence-electron chi connectivity index (χ0n) is 13.1. The topological polar surface area (TPSA) is 29.5 Å². The van der Waals surface area contributed by atoms with Gasteiger partial charge >= 0.3 is 6.18 Å². The maximum Gasteiger partial charge on any atom is 0.416 e. The molecule has 8 heteroatoms. The smallest absolute Gasteiger partial charge is 0.416 e. The van der Waals surface area contributed by atoms with Gasteiger partial charge in [0.15, 0.2) is 6.61 Å². The molecule has 0 N–H and O–H groups in total. The summed E-state index contributed by atoms with van der Waals surface area (Å²) in [6, 6.07) is 9.27. The predicted octanol–water partition coefficient (Wildman–Crippen LogP) is 5.05. The Labute approximate surface area is 152 Å². The number of amides is 1. The molecule has 1 amide bonds. The standard InChI is InChI=1S/C17H14Cl2F3NO2/c1-23(9-11-2-4-12(5-3-11)17(20,21)22)16(24)10-25-15-7-6-13(18)8-14(15)19/h2-8H,9-10H2,1H3. The number of likely N-dealkylation sites (N-methyl/N-ethyl adjacent to an activating group) is 1. The molecule has 0 heterocycles. The normalized spacial score (nSPS) is 11.3. The molecule has 0 bridgehead atoms. The monoisotopic (exact) mass is 391 g/mol. The van der Waals surface area contributed by atoms with E-state index in [2.05, 4.69) is 0 Å². The highest BCUT2D eigenvalue weighted by Crippen LogP contribution is 2.29. The summed E-state index contributed by atoms with van der Waals surface area (Å²) in [5.41, 5.74) is -0.153. The van der Waals surface area contributed by atoms with E-state index in [-0.39, 0.29) is 24.1 Å². The van der Waals surface area contributed by atoms with E-state index in [4.69, 9.17) is 27.9 Å². The van der Waals surface area contributed by atoms with E-state index in [9.17, 15) is 18.0 Å². The number of rotatable bonds is 5. The van der Waals surface area contributed by atoms with Gasteiger partial charge in [-0.15, -0.1) is 0 Å². The van der Waals surface area contributed by atoms with Crippen LogP contribution >= 0.6 is 23.2 Å². The van der Waals surface area contributed by atoms with Crippen LogP contribution in [0.15, 0.2) is 42.5 Å². The van der Waals surface area contributed by atoms with Crippen molar-refractivity contribution in [2.24, 2.45) is 0 Å². The largest absolute Gasteiger partial charge is 0.482 e. The van der Waals surface area contributed by atoms with Crippen molar-refractivity contribution in [1.82, 2.24) is 4.90 Å². The predicted molar refractivity (Wildman–Crippen MR) is 89.9 cm³/mol. The molecule has 0 aliphatic rings. The highest BCUT2D eigenvalue weighted by atomic mass is 35.5. The van der Waals surface area contributed by atoms with Gasteiger partial charge < -0.3 is 9.64 Å². The number of alkyl halides is 3. The fraction of sp³-hybridized carbons (Fsp3) is 0.235. The second-order valence-corrected chi connectivity index (χ2v) is 6.15. The lowest BCUT2D eigenvalue weighted by atomic mass is 10.1. The van der Waals surface area contributed by atoms with Crippen LogP contribution in [0.5, 0.6) is 5.75 Å². The number of halogens is 5. The fourth-order valence-corrected chi connectivity index (χ4v) is 2.47. The van der Waals surface area contributed by atoms with Crippen molar-refractivity contribution < 1.29 is 22.7 Å². The van der Waals surface area contributed by atoms with E-state index in [1.54, 1.807) is 12.1 Å². The fourth-order valence-electron chi connectivity index (χ4n) is 2.00. The molecule has 0 spiro atoms. The molecule has 25 heavy (non-hydrogen) atoms. The van der Waals surface area contributed by atoms with Crippen LogP contribution in [0.1, 0.15) is 11.1 Å². The van der Waals surface area contributed by atoms with Gasteiger partial charge in [-0.2, -0.15) is 13.2 Å². The van der Waals surface area contributed by atoms with Gasteiger partial charge in [0, 0.05) is 18.6 Å². The maximum atomic E-state index is 12.5. The Bertz CT molecular complexity index is 749. The molecule has 0 radical (unpaired) electrons. The molecule has 2 aromatic rings. The summed E-state index contributed by atoms with van der Waals surface area (Å²) in [5, 5.41) is 0.730. The van der Waals surface area contributed by atoms with Crippen molar-refractivity contribution in [3.8, 4) is 5.75 Å². The first-order valence-electron chi connectivity index (χ1n) is 7.15. The third-order valence-electron chi connectivity index (χ3n) is 3.37. The third-order valence-corrected chi connectivity index (χ3v) is 3.90. The van der Waals surface area contributed by atoms with E-state index in [0.29, 0.717) is 16.3 Å². The second kappa shape index (κ2) is 7.97. The minimum Gasteiger partial charge on any atom is -0.482 e. The molecule has 0 aliphatic carbocycles. The zero-order chi connectivity index (χ0) is 18.6. The molecule has 0 aliphatic heterocycles. The summed E-state index contributed by atoms with van der Waals surface area (Å²) in [4.78, 5) is 13.4. The molecule has 0 saturated heterocycles. The van der Waals surface area contributed by atoms with Gasteiger partial charge in [0.25, 0.3) is 5.91 Å². The van der Waals surface area contributed by atoms with Crippen LogP contribution in [0.2, 0.25) is 10.0 Å². The number of carbonyl (C=O) groups is 1. The van der Waals surface area contributed by atoms with E-state index in [0.717, 1.165) is 12.1 Å². The highest BCUT2D eigenvalue weighted by molar-refractivity contribution is 6.35. The van der Waals surface area contributed by atoms with Crippen LogP contribution in [-0.2, 0) is 17.5 Å². The van der Waals surface area contributed by atoms with Crippen LogP contribution in [0, 0.1) is 0 Å². The number of hydrogen-bond donors (Lipinski definition) is 0. The molecule has 2 aromatic carbocycles. The number of carbonyl (C=O) groups excluding carboxylic acids is 1. The van der Waals surface area contributed by atoms with Crippen LogP contribution in [0.3, 0.4) is 0 Å². The summed E-state index contributed by atoms with van der Waals surface area (Å²) in [5.74, 6) is -0.0201. The Hall–Kier alpha value is -1.92. The molecule has 0 unspecified atom stereocenters. The number of ether oxygens (including phenoxy) is 1. The van der Waals surface area contributed by atoms with Gasteiger partial charge in [-0.1, -0.05) is 35.3 Å². The van der Waals surface area contributed by atoms with Gasteiger partial charge in [0.05, 0.1) is 10.6 Å². The average Bonchev–Trinajstić information content (AvgIpc) is 2.53. The molecule has 134 valence electrons. The van der Waals surface area contributed by atoms with Gasteiger partial charge in [0.1, 0.15) is 5.75 Å². The van der Waals surface area contributed by atoms with E-state index < -0.39 is 11.7 Å². The molecule has 0 saturated carbocycles. The van der Waals surface area contributed by atoms with Gasteiger partial charge in [-0.3, -0.25) is 4.79 Å². The molecule has 3 nitrogen and oxygen atoms in total. The van der Waals surface area contributed by atoms with E-state index in [1.807, 2.05) is 0 Å². The van der Waals surface area contributed by atoms with Crippen molar-refractivity contribution in [2.75, 3.05) is 13.7 Å². The quantitative estimate of drug-likeness (QED) is 0.713. The molecule has 0 aromatic heterocycles. The Balaban J connectivity index is 1.91. The Morgan fingerprint density at radius 1 is 1.12 bits per heavy atom. The Morgan fingerprint density at radius 3 is 2.32 bits per heavy atom. The summed E-state index contributed by atoms with van der Waals surface area (Å²) < 4.78 is 42.9. The van der Waals surface area contributed by atoms with Gasteiger partial charge in [-0.05, 0) is 35.9 Å². The van der Waals surface area contributed by atoms with Crippen molar-refractivity contribution in [3.05, 3.63) is 63.6 Å². The first-order valence-corrected chi connectivity index (χ1v) is 7.90.